The molecule has 0 bridgehead atoms. The lowest BCUT2D eigenvalue weighted by Crippen LogP contribution is -2.08. The molecule has 0 saturated heterocycles. The Morgan fingerprint density at radius 2 is 1.76 bits per heavy atom. The van der Waals surface area contributed by atoms with Crippen LogP contribution in [0.2, 0.25) is 0 Å². The number of para-hydroxylation sites is 1. The maximum absolute atomic E-state index is 12.6. The first kappa shape index (κ1) is 17.6. The van der Waals surface area contributed by atoms with Crippen LogP contribution in [0, 0.1) is 0 Å². The molecule has 0 fully saturated rings. The summed E-state index contributed by atoms with van der Waals surface area (Å²) in [6.45, 7) is 0. The van der Waals surface area contributed by atoms with E-state index in [1.807, 2.05) is 60.9 Å². The number of carbonyl (C=O) groups excluding carboxylic acids is 1. The van der Waals surface area contributed by atoms with Crippen molar-refractivity contribution in [2.45, 2.75) is 4.90 Å². The number of allylic oxidation sites excluding steroid dienone is 2. The standard InChI is InChI=1S/C23H15NO4S/c1-29-15-10-8-14(9-11-15)20-13-17(16-5-2-3-6-18(16)27-20)21-23(25)28-22(24-21)19-7-4-12-26-19/h2-13H,1H3. The van der Waals surface area contributed by atoms with E-state index in [0.29, 0.717) is 22.8 Å². The Labute approximate surface area is 171 Å². The Kier molecular flexibility index (Phi) is 4.33. The zero-order chi connectivity index (χ0) is 19.8. The van der Waals surface area contributed by atoms with E-state index in [1.54, 1.807) is 23.9 Å². The summed E-state index contributed by atoms with van der Waals surface area (Å²) >= 11 is 1.68. The van der Waals surface area contributed by atoms with Gasteiger partial charge in [-0.25, -0.2) is 9.79 Å². The monoisotopic (exact) mass is 401 g/mol. The van der Waals surface area contributed by atoms with Crippen LogP contribution in [-0.4, -0.2) is 18.1 Å². The van der Waals surface area contributed by atoms with Gasteiger partial charge >= 0.3 is 5.97 Å². The molecule has 0 spiro atoms. The van der Waals surface area contributed by atoms with E-state index in [9.17, 15) is 4.79 Å². The molecule has 2 aliphatic rings. The third kappa shape index (κ3) is 3.17. The largest absolute Gasteiger partial charge is 0.459 e. The van der Waals surface area contributed by atoms with Gasteiger partial charge in [-0.3, -0.25) is 0 Å². The van der Waals surface area contributed by atoms with Gasteiger partial charge in [0.1, 0.15) is 11.5 Å². The Morgan fingerprint density at radius 1 is 0.931 bits per heavy atom. The number of benzene rings is 2. The van der Waals surface area contributed by atoms with E-state index < -0.39 is 5.97 Å². The fourth-order valence-corrected chi connectivity index (χ4v) is 3.62. The first-order valence-corrected chi connectivity index (χ1v) is 10.2. The molecule has 0 aliphatic carbocycles. The van der Waals surface area contributed by atoms with Crippen molar-refractivity contribution in [1.82, 2.24) is 0 Å². The van der Waals surface area contributed by atoms with E-state index in [0.717, 1.165) is 16.0 Å². The normalized spacial score (nSPS) is 17.9. The van der Waals surface area contributed by atoms with Gasteiger partial charge in [-0.05, 0) is 42.7 Å². The predicted molar refractivity (Wildman–Crippen MR) is 112 cm³/mol. The van der Waals surface area contributed by atoms with Gasteiger partial charge in [0.2, 0.25) is 0 Å². The molecule has 3 heterocycles. The average molecular weight is 401 g/mol. The minimum absolute atomic E-state index is 0.158. The summed E-state index contributed by atoms with van der Waals surface area (Å²) in [5.41, 5.74) is 2.58. The van der Waals surface area contributed by atoms with Gasteiger partial charge in [0.15, 0.2) is 11.5 Å². The highest BCUT2D eigenvalue weighted by Crippen LogP contribution is 2.40. The van der Waals surface area contributed by atoms with Crippen molar-refractivity contribution in [3.63, 3.8) is 0 Å². The van der Waals surface area contributed by atoms with E-state index in [-0.39, 0.29) is 11.6 Å². The summed E-state index contributed by atoms with van der Waals surface area (Å²) in [5.74, 6) is 1.36. The van der Waals surface area contributed by atoms with E-state index in [4.69, 9.17) is 13.9 Å². The third-order valence-corrected chi connectivity index (χ3v) is 5.37. The number of hydrogen-bond acceptors (Lipinski definition) is 6. The van der Waals surface area contributed by atoms with Crippen LogP contribution < -0.4 is 4.74 Å². The van der Waals surface area contributed by atoms with Crippen molar-refractivity contribution in [3.8, 4) is 5.75 Å². The van der Waals surface area contributed by atoms with Gasteiger partial charge in [0.25, 0.3) is 5.90 Å². The lowest BCUT2D eigenvalue weighted by atomic mass is 9.98. The number of nitrogens with zero attached hydrogens (tertiary/aromatic N) is 1. The second kappa shape index (κ2) is 7.14. The van der Waals surface area contributed by atoms with Crippen molar-refractivity contribution < 1.29 is 18.7 Å². The summed E-state index contributed by atoms with van der Waals surface area (Å²) in [5, 5.41) is 0. The van der Waals surface area contributed by atoms with Gasteiger partial charge in [-0.2, -0.15) is 0 Å². The Bertz CT molecular complexity index is 1190. The number of rotatable bonds is 3. The van der Waals surface area contributed by atoms with Crippen molar-refractivity contribution in [2.75, 3.05) is 6.26 Å². The summed E-state index contributed by atoms with van der Waals surface area (Å²) in [6.07, 6.45) is 5.38. The zero-order valence-corrected chi connectivity index (χ0v) is 16.2. The van der Waals surface area contributed by atoms with Crippen molar-refractivity contribution >= 4 is 35.0 Å². The van der Waals surface area contributed by atoms with Crippen molar-refractivity contribution in [3.05, 3.63) is 95.6 Å². The maximum atomic E-state index is 12.6. The highest BCUT2D eigenvalue weighted by molar-refractivity contribution is 7.98. The molecule has 5 rings (SSSR count). The minimum atomic E-state index is -0.517. The molecule has 2 aromatic carbocycles. The molecular weight excluding hydrogens is 386 g/mol. The molecule has 6 heteroatoms. The highest BCUT2D eigenvalue weighted by atomic mass is 32.2. The maximum Gasteiger partial charge on any atom is 0.364 e. The molecule has 2 aliphatic heterocycles. The van der Waals surface area contributed by atoms with Gasteiger partial charge < -0.3 is 13.9 Å². The van der Waals surface area contributed by atoms with E-state index in [1.165, 1.54) is 6.26 Å². The zero-order valence-electron chi connectivity index (χ0n) is 15.4. The van der Waals surface area contributed by atoms with Crippen LogP contribution in [-0.2, 0) is 9.53 Å². The average Bonchev–Trinajstić information content (AvgIpc) is 3.43. The molecule has 5 nitrogen and oxygen atoms in total. The van der Waals surface area contributed by atoms with Crippen molar-refractivity contribution in [2.24, 2.45) is 4.99 Å². The van der Waals surface area contributed by atoms with Crippen LogP contribution in [0.25, 0.3) is 11.3 Å². The molecule has 3 aromatic rings. The molecule has 142 valence electrons. The number of fused-ring (bicyclic) bond motifs is 1. The molecular formula is C23H15NO4S. The molecule has 0 N–H and O–H groups in total. The van der Waals surface area contributed by atoms with Crippen LogP contribution in [0.4, 0.5) is 0 Å². The lowest BCUT2D eigenvalue weighted by Gasteiger charge is -2.20. The Morgan fingerprint density at radius 3 is 2.52 bits per heavy atom. The van der Waals surface area contributed by atoms with Gasteiger partial charge in [0.05, 0.1) is 6.26 Å². The molecule has 0 saturated carbocycles. The number of esters is 1. The fraction of sp³-hybridized carbons (Fsp3) is 0.0435. The second-order valence-corrected chi connectivity index (χ2v) is 7.26. The Hall–Kier alpha value is -3.51. The first-order chi connectivity index (χ1) is 14.2. The number of furan rings is 1. The summed E-state index contributed by atoms with van der Waals surface area (Å²) in [4.78, 5) is 18.2. The predicted octanol–water partition coefficient (Wildman–Crippen LogP) is 5.15. The third-order valence-electron chi connectivity index (χ3n) is 4.63. The van der Waals surface area contributed by atoms with Crippen molar-refractivity contribution in [1.29, 1.82) is 0 Å². The molecule has 0 amide bonds. The topological polar surface area (TPSA) is 61.0 Å². The van der Waals surface area contributed by atoms with Crippen LogP contribution in [0.15, 0.2) is 93.0 Å². The smallest absolute Gasteiger partial charge is 0.364 e. The van der Waals surface area contributed by atoms with Crippen LogP contribution in [0.1, 0.15) is 16.9 Å². The van der Waals surface area contributed by atoms with Gasteiger partial charge in [0, 0.05) is 21.6 Å². The molecule has 29 heavy (non-hydrogen) atoms. The molecule has 1 aromatic heterocycles. The lowest BCUT2D eigenvalue weighted by molar-refractivity contribution is -0.130. The minimum Gasteiger partial charge on any atom is -0.459 e. The number of cyclic esters (lactones) is 1. The highest BCUT2D eigenvalue weighted by Gasteiger charge is 2.31. The van der Waals surface area contributed by atoms with Gasteiger partial charge in [-0.15, -0.1) is 11.8 Å². The molecule has 0 radical (unpaired) electrons. The number of hydrogen-bond donors (Lipinski definition) is 0. The second-order valence-electron chi connectivity index (χ2n) is 6.38. The fourth-order valence-electron chi connectivity index (χ4n) is 3.21. The number of carbonyl (C=O) groups is 1. The van der Waals surface area contributed by atoms with Crippen LogP contribution >= 0.6 is 11.8 Å². The van der Waals surface area contributed by atoms with Crippen LogP contribution in [0.5, 0.6) is 5.75 Å². The van der Waals surface area contributed by atoms with Gasteiger partial charge in [-0.1, -0.05) is 30.3 Å². The molecule has 0 unspecified atom stereocenters. The number of thioether (sulfide) groups is 1. The summed E-state index contributed by atoms with van der Waals surface area (Å²) in [6, 6.07) is 19.0. The SMILES string of the molecule is CSc1ccc(C2=CC(=C3N=C(c4ccco4)OC3=O)c3ccccc3O2)cc1. The number of ether oxygens (including phenoxy) is 2. The quantitative estimate of drug-likeness (QED) is 0.345. The number of aliphatic imine (C=N–C) groups is 1. The summed E-state index contributed by atoms with van der Waals surface area (Å²) in [7, 11) is 0. The van der Waals surface area contributed by atoms with E-state index >= 15 is 0 Å². The van der Waals surface area contributed by atoms with Crippen LogP contribution in [0.3, 0.4) is 0 Å². The summed E-state index contributed by atoms with van der Waals surface area (Å²) < 4.78 is 16.8. The first-order valence-electron chi connectivity index (χ1n) is 8.95. The molecule has 0 atom stereocenters. The van der Waals surface area contributed by atoms with E-state index in [2.05, 4.69) is 4.99 Å². The Balaban J connectivity index is 1.66.